The Balaban J connectivity index is 1.73. The highest BCUT2D eigenvalue weighted by atomic mass is 32.2. The summed E-state index contributed by atoms with van der Waals surface area (Å²) in [4.78, 5) is 83.3. The quantitative estimate of drug-likeness (QED) is 0.0424. The van der Waals surface area contributed by atoms with Gasteiger partial charge in [0.1, 0.15) is 18.1 Å². The van der Waals surface area contributed by atoms with Crippen LogP contribution in [0.2, 0.25) is 0 Å². The van der Waals surface area contributed by atoms with E-state index in [1.165, 1.54) is 17.0 Å². The number of primary amides is 1. The van der Waals surface area contributed by atoms with E-state index in [0.717, 1.165) is 23.7 Å². The van der Waals surface area contributed by atoms with E-state index in [9.17, 15) is 28.8 Å². The van der Waals surface area contributed by atoms with E-state index in [2.05, 4.69) is 20.9 Å². The number of nitrogens with zero attached hydrogens (tertiary/aromatic N) is 2. The van der Waals surface area contributed by atoms with Crippen LogP contribution in [-0.4, -0.2) is 76.8 Å². The molecule has 0 spiro atoms. The molecule has 0 bridgehead atoms. The molecule has 15 nitrogen and oxygen atoms in total. The van der Waals surface area contributed by atoms with E-state index in [1.807, 2.05) is 37.3 Å². The predicted molar refractivity (Wildman–Crippen MR) is 201 cm³/mol. The van der Waals surface area contributed by atoms with Crippen molar-refractivity contribution in [2.75, 3.05) is 13.1 Å². The van der Waals surface area contributed by atoms with Gasteiger partial charge in [-0.05, 0) is 86.2 Å². The van der Waals surface area contributed by atoms with Crippen molar-refractivity contribution in [2.24, 2.45) is 27.9 Å². The molecule has 1 fully saturated rings. The van der Waals surface area contributed by atoms with Gasteiger partial charge in [-0.25, -0.2) is 0 Å². The Bertz CT molecular complexity index is 1610. The van der Waals surface area contributed by atoms with Crippen molar-refractivity contribution in [3.63, 3.8) is 0 Å². The standard InChI is InChI=1S/C36H49N9O6S/c1-2-3-12-26(30(38)46)42-32(48)27(13-7-8-19-37)44-33(49)28(14-9-20-41-35(39)40)43-31(47)25-17-15-23(16-18-25)21-29-34(50)45(36(51)52-29)22-24-10-5-4-6-11-24/h4-6,10-11,15-18,21,26-28H,2-3,7-9,12-14,19-20,22,37H2,1H3,(H2,38,46)(H,42,48)(H,43,47)(H,44,49)(H4,39,40,41)/b29-21-/t26-,27-,28-/m1/s1. The van der Waals surface area contributed by atoms with Crippen LogP contribution in [0, 0.1) is 0 Å². The molecule has 1 saturated heterocycles. The molecule has 2 aromatic carbocycles. The van der Waals surface area contributed by atoms with E-state index >= 15 is 0 Å². The van der Waals surface area contributed by atoms with Crippen LogP contribution in [0.1, 0.15) is 79.8 Å². The molecule has 1 heterocycles. The number of imide groups is 1. The predicted octanol–water partition coefficient (Wildman–Crippen LogP) is 1.85. The zero-order valence-corrected chi connectivity index (χ0v) is 30.2. The molecule has 1 aliphatic rings. The highest BCUT2D eigenvalue weighted by Gasteiger charge is 2.35. The minimum Gasteiger partial charge on any atom is -0.370 e. The van der Waals surface area contributed by atoms with Gasteiger partial charge in [-0.15, -0.1) is 0 Å². The summed E-state index contributed by atoms with van der Waals surface area (Å²) in [5.41, 5.74) is 23.7. The molecule has 1 aliphatic heterocycles. The molecular weight excluding hydrogens is 687 g/mol. The first kappa shape index (κ1) is 41.2. The van der Waals surface area contributed by atoms with Gasteiger partial charge in [0.25, 0.3) is 17.1 Å². The minimum atomic E-state index is -1.07. The second-order valence-corrected chi connectivity index (χ2v) is 13.3. The molecule has 11 N–H and O–H groups in total. The van der Waals surface area contributed by atoms with Crippen molar-refractivity contribution >= 4 is 58.6 Å². The number of hydrogen-bond donors (Lipinski definition) is 7. The Hall–Kier alpha value is -5.22. The third-order valence-electron chi connectivity index (χ3n) is 8.18. The highest BCUT2D eigenvalue weighted by molar-refractivity contribution is 8.18. The number of benzene rings is 2. The number of unbranched alkanes of at least 4 members (excludes halogenated alkanes) is 2. The topological polar surface area (TPSA) is 258 Å². The molecular formula is C36H49N9O6S. The van der Waals surface area contributed by atoms with Crippen molar-refractivity contribution in [2.45, 2.75) is 83.0 Å². The maximum Gasteiger partial charge on any atom is 0.293 e. The monoisotopic (exact) mass is 735 g/mol. The van der Waals surface area contributed by atoms with Crippen LogP contribution < -0.4 is 38.9 Å². The first-order valence-electron chi connectivity index (χ1n) is 17.3. The number of hydrogen-bond acceptors (Lipinski definition) is 9. The van der Waals surface area contributed by atoms with Gasteiger partial charge < -0.3 is 38.9 Å². The minimum absolute atomic E-state index is 0.116. The van der Waals surface area contributed by atoms with Gasteiger partial charge in [0.2, 0.25) is 17.7 Å². The van der Waals surface area contributed by atoms with Crippen molar-refractivity contribution < 1.29 is 28.8 Å². The molecule has 16 heteroatoms. The number of carbonyl (C=O) groups excluding carboxylic acids is 6. The maximum absolute atomic E-state index is 13.6. The number of thioether (sulfide) groups is 1. The SMILES string of the molecule is CCCC[C@@H](NC(=O)[C@@H](CCCCN)NC(=O)[C@@H](CCCN=C(N)N)NC(=O)c1ccc(/C=C2\SC(=O)N(Cc3ccccc3)C2=O)cc1)C(N)=O. The summed E-state index contributed by atoms with van der Waals surface area (Å²) in [7, 11) is 0. The Morgan fingerprint density at radius 2 is 1.42 bits per heavy atom. The number of nitrogens with one attached hydrogen (secondary N) is 3. The average molecular weight is 736 g/mol. The molecule has 0 saturated carbocycles. The summed E-state index contributed by atoms with van der Waals surface area (Å²) >= 11 is 0.842. The van der Waals surface area contributed by atoms with Crippen LogP contribution in [0.4, 0.5) is 4.79 Å². The lowest BCUT2D eigenvalue weighted by Gasteiger charge is -2.25. The van der Waals surface area contributed by atoms with E-state index in [-0.39, 0.29) is 47.6 Å². The molecule has 280 valence electrons. The maximum atomic E-state index is 13.6. The number of guanidine groups is 1. The third kappa shape index (κ3) is 13.2. The lowest BCUT2D eigenvalue weighted by atomic mass is 10.0. The number of nitrogens with two attached hydrogens (primary N) is 4. The lowest BCUT2D eigenvalue weighted by Crippen LogP contribution is -2.56. The van der Waals surface area contributed by atoms with Gasteiger partial charge in [-0.3, -0.25) is 38.7 Å². The summed E-state index contributed by atoms with van der Waals surface area (Å²) in [5, 5.41) is 7.77. The zero-order chi connectivity index (χ0) is 38.0. The largest absolute Gasteiger partial charge is 0.370 e. The van der Waals surface area contributed by atoms with Crippen LogP contribution in [0.3, 0.4) is 0 Å². The van der Waals surface area contributed by atoms with Crippen LogP contribution >= 0.6 is 11.8 Å². The molecule has 3 atom stereocenters. The summed E-state index contributed by atoms with van der Waals surface area (Å²) < 4.78 is 0. The van der Waals surface area contributed by atoms with Crippen LogP contribution in [0.15, 0.2) is 64.5 Å². The van der Waals surface area contributed by atoms with Gasteiger partial charge in [0.15, 0.2) is 5.96 Å². The molecule has 0 radical (unpaired) electrons. The number of amides is 6. The fraction of sp³-hybridized carbons (Fsp3) is 0.417. The van der Waals surface area contributed by atoms with Crippen molar-refractivity contribution in [1.29, 1.82) is 0 Å². The van der Waals surface area contributed by atoms with Crippen LogP contribution in [0.5, 0.6) is 0 Å². The normalized spacial score (nSPS) is 15.1. The summed E-state index contributed by atoms with van der Waals surface area (Å²) in [6.45, 7) is 2.70. The Morgan fingerprint density at radius 1 is 0.808 bits per heavy atom. The summed E-state index contributed by atoms with van der Waals surface area (Å²) in [6, 6.07) is 12.5. The van der Waals surface area contributed by atoms with Crippen molar-refractivity contribution in [3.8, 4) is 0 Å². The second kappa shape index (κ2) is 21.2. The first-order valence-corrected chi connectivity index (χ1v) is 18.1. The van der Waals surface area contributed by atoms with Crippen LogP contribution in [0.25, 0.3) is 6.08 Å². The van der Waals surface area contributed by atoms with Gasteiger partial charge in [-0.1, -0.05) is 62.2 Å². The molecule has 0 aliphatic carbocycles. The molecule has 0 unspecified atom stereocenters. The molecule has 52 heavy (non-hydrogen) atoms. The zero-order valence-electron chi connectivity index (χ0n) is 29.3. The Labute approximate surface area is 307 Å². The van der Waals surface area contributed by atoms with Gasteiger partial charge in [0.05, 0.1) is 11.4 Å². The van der Waals surface area contributed by atoms with E-state index < -0.39 is 47.7 Å². The van der Waals surface area contributed by atoms with E-state index in [4.69, 9.17) is 22.9 Å². The molecule has 2 aromatic rings. The van der Waals surface area contributed by atoms with Crippen molar-refractivity contribution in [3.05, 3.63) is 76.2 Å². The smallest absolute Gasteiger partial charge is 0.293 e. The first-order chi connectivity index (χ1) is 24.9. The number of aliphatic imine (C=N–C) groups is 1. The van der Waals surface area contributed by atoms with Gasteiger partial charge in [0, 0.05) is 12.1 Å². The number of rotatable bonds is 21. The van der Waals surface area contributed by atoms with Crippen LogP contribution in [-0.2, 0) is 25.7 Å². The Kier molecular flexibility index (Phi) is 16.8. The lowest BCUT2D eigenvalue weighted by molar-refractivity contribution is -0.132. The van der Waals surface area contributed by atoms with E-state index in [1.54, 1.807) is 18.2 Å². The molecule has 3 rings (SSSR count). The van der Waals surface area contributed by atoms with Gasteiger partial charge >= 0.3 is 0 Å². The third-order valence-corrected chi connectivity index (χ3v) is 9.09. The van der Waals surface area contributed by atoms with Crippen molar-refractivity contribution in [1.82, 2.24) is 20.9 Å². The summed E-state index contributed by atoms with van der Waals surface area (Å²) in [6.07, 6.45) is 5.26. The summed E-state index contributed by atoms with van der Waals surface area (Å²) in [5.74, 6) is -2.93. The second-order valence-electron chi connectivity index (χ2n) is 12.3. The average Bonchev–Trinajstić information content (AvgIpc) is 3.38. The van der Waals surface area contributed by atoms with Gasteiger partial charge in [-0.2, -0.15) is 0 Å². The van der Waals surface area contributed by atoms with E-state index in [0.29, 0.717) is 44.2 Å². The molecule has 0 aromatic heterocycles. The number of carbonyl (C=O) groups is 6. The highest BCUT2D eigenvalue weighted by Crippen LogP contribution is 2.33. The molecule has 6 amide bonds. The fourth-order valence-electron chi connectivity index (χ4n) is 5.30. The Morgan fingerprint density at radius 3 is 2.04 bits per heavy atom. The fourth-order valence-corrected chi connectivity index (χ4v) is 6.14.